The molecule has 1 aliphatic rings. The molecule has 0 atom stereocenters. The van der Waals surface area contributed by atoms with Gasteiger partial charge in [-0.25, -0.2) is 0 Å². The van der Waals surface area contributed by atoms with Crippen LogP contribution in [0.15, 0.2) is 0 Å². The van der Waals surface area contributed by atoms with Crippen LogP contribution in [0.1, 0.15) is 33.1 Å². The maximum absolute atomic E-state index is 3.07. The van der Waals surface area contributed by atoms with E-state index in [1.165, 1.54) is 0 Å². The van der Waals surface area contributed by atoms with E-state index in [2.05, 4.69) is 66.1 Å². The van der Waals surface area contributed by atoms with Gasteiger partial charge in [-0.1, -0.05) is 23.7 Å². The Hall–Kier alpha value is -1.80. The monoisotopic (exact) mass is 223 g/mol. The van der Waals surface area contributed by atoms with Gasteiger partial charge in [-0.05, 0) is 44.0 Å². The molecule has 0 aliphatic carbocycles. The van der Waals surface area contributed by atoms with Crippen molar-refractivity contribution in [2.75, 3.05) is 13.1 Å². The van der Waals surface area contributed by atoms with Gasteiger partial charge in [0.25, 0.3) is 0 Å². The summed E-state index contributed by atoms with van der Waals surface area (Å²) in [6.07, 6.45) is 2.73. The molecule has 0 spiro atoms. The van der Waals surface area contributed by atoms with E-state index in [9.17, 15) is 0 Å². The Bertz CT molecular complexity index is 427. The molecule has 0 N–H and O–H groups in total. The maximum atomic E-state index is 3.07. The first-order chi connectivity index (χ1) is 8.30. The predicted octanol–water partition coefficient (Wildman–Crippen LogP) is 1.89. The van der Waals surface area contributed by atoms with Gasteiger partial charge in [-0.3, -0.25) is 4.90 Å². The lowest BCUT2D eigenvalue weighted by Gasteiger charge is -2.20. The third kappa shape index (κ3) is 6.38. The van der Waals surface area contributed by atoms with Gasteiger partial charge < -0.3 is 0 Å². The average molecular weight is 223 g/mol. The van der Waals surface area contributed by atoms with Crippen molar-refractivity contribution in [1.29, 1.82) is 0 Å². The highest BCUT2D eigenvalue weighted by Gasteiger charge is 2.04. The molecule has 0 fully saturated rings. The van der Waals surface area contributed by atoms with Crippen molar-refractivity contribution in [1.82, 2.24) is 4.90 Å². The molecule has 17 heavy (non-hydrogen) atoms. The number of rotatable bonds is 1. The second-order valence-electron chi connectivity index (χ2n) is 4.06. The molecule has 1 aliphatic heterocycles. The number of nitrogens with zero attached hydrogens (tertiary/aromatic N) is 1. The van der Waals surface area contributed by atoms with Crippen molar-refractivity contribution >= 4 is 0 Å². The van der Waals surface area contributed by atoms with Crippen LogP contribution in [0.5, 0.6) is 0 Å². The Labute approximate surface area is 105 Å². The molecular formula is C16H17N. The fourth-order valence-electron chi connectivity index (χ4n) is 1.27. The molecule has 0 amide bonds. The fourth-order valence-corrected chi connectivity index (χ4v) is 1.27. The summed E-state index contributed by atoms with van der Waals surface area (Å²) in [5.41, 5.74) is 0. The van der Waals surface area contributed by atoms with Gasteiger partial charge in [0, 0.05) is 18.9 Å². The molecule has 0 unspecified atom stereocenters. The van der Waals surface area contributed by atoms with Crippen LogP contribution >= 0.6 is 0 Å². The minimum Gasteiger partial charge on any atom is -0.279 e. The Morgan fingerprint density at radius 1 is 0.765 bits per heavy atom. The molecule has 86 valence electrons. The molecule has 0 aromatic heterocycles. The molecule has 0 aromatic rings. The van der Waals surface area contributed by atoms with Gasteiger partial charge >= 0.3 is 0 Å². The molecule has 1 heterocycles. The predicted molar refractivity (Wildman–Crippen MR) is 71.7 cm³/mol. The van der Waals surface area contributed by atoms with E-state index >= 15 is 0 Å². The first-order valence-corrected chi connectivity index (χ1v) is 5.96. The van der Waals surface area contributed by atoms with Crippen LogP contribution in [-0.2, 0) is 0 Å². The highest BCUT2D eigenvalue weighted by Crippen LogP contribution is 1.95. The van der Waals surface area contributed by atoms with Gasteiger partial charge in [0.1, 0.15) is 0 Å². The highest BCUT2D eigenvalue weighted by atomic mass is 15.1. The van der Waals surface area contributed by atoms with Crippen LogP contribution < -0.4 is 0 Å². The number of hydrogen-bond donors (Lipinski definition) is 0. The van der Waals surface area contributed by atoms with Crippen LogP contribution in [0.25, 0.3) is 0 Å². The smallest absolute Gasteiger partial charge is 0.0622 e. The molecule has 0 saturated heterocycles. The van der Waals surface area contributed by atoms with E-state index < -0.39 is 0 Å². The lowest BCUT2D eigenvalue weighted by molar-refractivity contribution is 0.281. The Balaban J connectivity index is 2.70. The van der Waals surface area contributed by atoms with Gasteiger partial charge in [0.2, 0.25) is 0 Å². The lowest BCUT2D eigenvalue weighted by atomic mass is 10.2. The molecule has 1 rings (SSSR count). The topological polar surface area (TPSA) is 3.24 Å². The van der Waals surface area contributed by atoms with E-state index in [-0.39, 0.29) is 0 Å². The zero-order valence-corrected chi connectivity index (χ0v) is 10.6. The normalized spacial score (nSPS) is 15.9. The van der Waals surface area contributed by atoms with Gasteiger partial charge in [-0.15, -0.1) is 0 Å². The summed E-state index contributed by atoms with van der Waals surface area (Å²) >= 11 is 0. The second kappa shape index (κ2) is 8.36. The SMILES string of the molecule is CC(C)N1CC#CC#CCCCC#CC#CC1. The quantitative estimate of drug-likeness (QED) is 0.614. The lowest BCUT2D eigenvalue weighted by Crippen LogP contribution is -2.31. The van der Waals surface area contributed by atoms with Crippen LogP contribution in [0.4, 0.5) is 0 Å². The van der Waals surface area contributed by atoms with E-state index in [0.717, 1.165) is 19.3 Å². The molecule has 0 aromatic carbocycles. The molecule has 0 radical (unpaired) electrons. The molecule has 1 heteroatoms. The van der Waals surface area contributed by atoms with E-state index in [1.807, 2.05) is 0 Å². The molecule has 0 saturated carbocycles. The Kier molecular flexibility index (Phi) is 6.53. The van der Waals surface area contributed by atoms with Crippen molar-refractivity contribution in [2.24, 2.45) is 0 Å². The largest absolute Gasteiger partial charge is 0.279 e. The molecule has 0 bridgehead atoms. The highest BCUT2D eigenvalue weighted by molar-refractivity contribution is 5.28. The Morgan fingerprint density at radius 3 is 1.71 bits per heavy atom. The van der Waals surface area contributed by atoms with Gasteiger partial charge in [-0.2, -0.15) is 0 Å². The number of hydrogen-bond acceptors (Lipinski definition) is 1. The minimum atomic E-state index is 0.437. The van der Waals surface area contributed by atoms with Crippen molar-refractivity contribution < 1.29 is 0 Å². The van der Waals surface area contributed by atoms with E-state index in [0.29, 0.717) is 19.1 Å². The summed E-state index contributed by atoms with van der Waals surface area (Å²) in [5, 5.41) is 0. The third-order valence-corrected chi connectivity index (χ3v) is 2.38. The summed E-state index contributed by atoms with van der Waals surface area (Å²) in [7, 11) is 0. The zero-order valence-electron chi connectivity index (χ0n) is 10.6. The maximum Gasteiger partial charge on any atom is 0.0622 e. The summed E-state index contributed by atoms with van der Waals surface area (Å²) < 4.78 is 0. The standard InChI is InChI=1S/C16H17N/c1-16(2)17-14-12-10-8-6-4-3-5-7-9-11-13-15-17/h16H,3-5,14-15H2,1-2H3. The fraction of sp³-hybridized carbons (Fsp3) is 0.500. The van der Waals surface area contributed by atoms with E-state index in [1.54, 1.807) is 0 Å². The minimum absolute atomic E-state index is 0.437. The Morgan fingerprint density at radius 2 is 1.24 bits per heavy atom. The van der Waals surface area contributed by atoms with Crippen molar-refractivity contribution in [3.8, 4) is 47.4 Å². The third-order valence-electron chi connectivity index (χ3n) is 2.38. The van der Waals surface area contributed by atoms with Gasteiger partial charge in [0.05, 0.1) is 13.1 Å². The van der Waals surface area contributed by atoms with Crippen LogP contribution in [0, 0.1) is 47.4 Å². The second-order valence-corrected chi connectivity index (χ2v) is 4.06. The van der Waals surface area contributed by atoms with Crippen molar-refractivity contribution in [3.05, 3.63) is 0 Å². The first-order valence-electron chi connectivity index (χ1n) is 5.96. The van der Waals surface area contributed by atoms with Gasteiger partial charge in [0.15, 0.2) is 0 Å². The van der Waals surface area contributed by atoms with Crippen LogP contribution in [-0.4, -0.2) is 24.0 Å². The van der Waals surface area contributed by atoms with E-state index in [4.69, 9.17) is 0 Å². The first kappa shape index (κ1) is 13.3. The summed E-state index contributed by atoms with van der Waals surface area (Å²) in [6.45, 7) is 5.72. The summed E-state index contributed by atoms with van der Waals surface area (Å²) in [5.74, 6) is 23.7. The van der Waals surface area contributed by atoms with Crippen molar-refractivity contribution in [3.63, 3.8) is 0 Å². The molecule has 1 nitrogen and oxygen atoms in total. The summed E-state index contributed by atoms with van der Waals surface area (Å²) in [4.78, 5) is 2.20. The van der Waals surface area contributed by atoms with Crippen LogP contribution in [0.2, 0.25) is 0 Å². The molecular weight excluding hydrogens is 206 g/mol. The summed E-state index contributed by atoms with van der Waals surface area (Å²) in [6, 6.07) is 0.437. The van der Waals surface area contributed by atoms with Crippen LogP contribution in [0.3, 0.4) is 0 Å². The zero-order chi connectivity index (χ0) is 12.3. The average Bonchev–Trinajstić information content (AvgIpc) is 2.31. The van der Waals surface area contributed by atoms with Crippen molar-refractivity contribution in [2.45, 2.75) is 39.2 Å².